The molecule has 1 aromatic heterocycles. The van der Waals surface area contributed by atoms with Crippen molar-refractivity contribution in [2.75, 3.05) is 0 Å². The van der Waals surface area contributed by atoms with Crippen LogP contribution >= 0.6 is 12.6 Å². The minimum atomic E-state index is -0.0262. The van der Waals surface area contributed by atoms with Gasteiger partial charge >= 0.3 is 0 Å². The van der Waals surface area contributed by atoms with E-state index in [1.165, 1.54) is 0 Å². The van der Waals surface area contributed by atoms with Crippen molar-refractivity contribution in [2.45, 2.75) is 39.0 Å². The topological polar surface area (TPSA) is 42.9 Å². The van der Waals surface area contributed by atoms with Crippen LogP contribution in [0.5, 0.6) is 0 Å². The van der Waals surface area contributed by atoms with Crippen LogP contribution in [0.15, 0.2) is 4.90 Å². The Morgan fingerprint density at radius 1 is 1.40 bits per heavy atom. The molecular formula is C10H15N2OSY-. The van der Waals surface area contributed by atoms with Crippen molar-refractivity contribution >= 4 is 18.4 Å². The molecule has 0 unspecified atom stereocenters. The van der Waals surface area contributed by atoms with Gasteiger partial charge in [0.25, 0.3) is 0 Å². The number of ketones is 1. The van der Waals surface area contributed by atoms with Crippen LogP contribution in [0.2, 0.25) is 0 Å². The average Bonchev–Trinajstić information content (AvgIpc) is 2.24. The molecule has 81 valence electrons. The Balaban J connectivity index is 0. The standard InChI is InChI=1S/C8H9N2OS.C2H6.Y/c1-3-6(11)7-8(12)5(2)9-4-10-7;1-2;/h12H,3H2,1-2H3;1-2H3;/q-1;;. The molecule has 0 bridgehead atoms. The predicted octanol–water partition coefficient (Wildman–Crippen LogP) is 2.49. The molecule has 0 aromatic carbocycles. The molecule has 1 rings (SSSR count). The number of hydrogen-bond donors (Lipinski definition) is 1. The summed E-state index contributed by atoms with van der Waals surface area (Å²) in [6.07, 6.45) is 2.84. The molecule has 0 amide bonds. The third kappa shape index (κ3) is 5.18. The molecule has 1 aromatic rings. The van der Waals surface area contributed by atoms with Gasteiger partial charge in [0.1, 0.15) is 5.78 Å². The zero-order valence-electron chi connectivity index (χ0n) is 9.53. The number of Topliss-reactive ketones (excluding diaryl/α,β-unsaturated/α-hetero) is 1. The van der Waals surface area contributed by atoms with Crippen molar-refractivity contribution in [1.82, 2.24) is 9.97 Å². The number of rotatable bonds is 2. The Morgan fingerprint density at radius 3 is 2.40 bits per heavy atom. The molecule has 0 fully saturated rings. The van der Waals surface area contributed by atoms with Crippen molar-refractivity contribution in [3.63, 3.8) is 0 Å². The monoisotopic (exact) mass is 300 g/mol. The van der Waals surface area contributed by atoms with Crippen molar-refractivity contribution in [2.24, 2.45) is 0 Å². The summed E-state index contributed by atoms with van der Waals surface area (Å²) in [5.74, 6) is -0.0262. The zero-order chi connectivity index (χ0) is 11.1. The van der Waals surface area contributed by atoms with E-state index in [1.807, 2.05) is 13.8 Å². The van der Waals surface area contributed by atoms with Gasteiger partial charge in [0, 0.05) is 44.7 Å². The molecule has 3 nitrogen and oxygen atoms in total. The first-order valence-corrected chi connectivity index (χ1v) is 5.08. The average molecular weight is 300 g/mol. The molecule has 15 heavy (non-hydrogen) atoms. The van der Waals surface area contributed by atoms with Crippen LogP contribution in [0.1, 0.15) is 43.4 Å². The van der Waals surface area contributed by atoms with Crippen molar-refractivity contribution in [1.29, 1.82) is 0 Å². The third-order valence-corrected chi connectivity index (χ3v) is 2.07. The van der Waals surface area contributed by atoms with Gasteiger partial charge in [0.05, 0.1) is 0 Å². The van der Waals surface area contributed by atoms with E-state index >= 15 is 0 Å². The maximum atomic E-state index is 11.2. The molecule has 0 N–H and O–H groups in total. The first kappa shape index (κ1) is 17.6. The fraction of sp³-hybridized carbons (Fsp3) is 0.500. The van der Waals surface area contributed by atoms with E-state index in [-0.39, 0.29) is 38.5 Å². The first-order chi connectivity index (χ1) is 6.66. The molecule has 0 spiro atoms. The van der Waals surface area contributed by atoms with Gasteiger partial charge in [-0.05, 0) is 6.42 Å². The summed E-state index contributed by atoms with van der Waals surface area (Å²) < 4.78 is 0. The number of thiol groups is 1. The summed E-state index contributed by atoms with van der Waals surface area (Å²) in [6, 6.07) is 0. The van der Waals surface area contributed by atoms with Crippen LogP contribution in [0.3, 0.4) is 0 Å². The first-order valence-electron chi connectivity index (χ1n) is 4.63. The summed E-state index contributed by atoms with van der Waals surface area (Å²) in [7, 11) is 0. The van der Waals surface area contributed by atoms with Crippen LogP contribution in [-0.2, 0) is 32.7 Å². The number of nitrogens with zero attached hydrogens (tertiary/aromatic N) is 2. The van der Waals surface area contributed by atoms with Gasteiger partial charge in [-0.25, -0.2) is 0 Å². The van der Waals surface area contributed by atoms with Crippen LogP contribution < -0.4 is 0 Å². The van der Waals surface area contributed by atoms with E-state index in [1.54, 1.807) is 13.8 Å². The van der Waals surface area contributed by atoms with Gasteiger partial charge in [-0.2, -0.15) is 12.6 Å². The molecule has 1 heterocycles. The second-order valence-corrected chi connectivity index (χ2v) is 2.83. The number of hydrogen-bond acceptors (Lipinski definition) is 4. The van der Waals surface area contributed by atoms with Gasteiger partial charge in [0.2, 0.25) is 0 Å². The number of carbonyl (C=O) groups excluding carboxylic acids is 1. The smallest absolute Gasteiger partial charge is 0.127 e. The maximum absolute atomic E-state index is 11.2. The van der Waals surface area contributed by atoms with Gasteiger partial charge in [-0.15, -0.1) is 0 Å². The summed E-state index contributed by atoms with van der Waals surface area (Å²) in [6.45, 7) is 7.56. The minimum Gasteiger partial charge on any atom is -0.370 e. The molecule has 1 radical (unpaired) electrons. The van der Waals surface area contributed by atoms with Crippen LogP contribution in [0.25, 0.3) is 0 Å². The van der Waals surface area contributed by atoms with Gasteiger partial charge in [-0.1, -0.05) is 38.3 Å². The van der Waals surface area contributed by atoms with E-state index in [4.69, 9.17) is 0 Å². The van der Waals surface area contributed by atoms with E-state index in [0.717, 1.165) is 0 Å². The predicted molar refractivity (Wildman–Crippen MR) is 58.8 cm³/mol. The summed E-state index contributed by atoms with van der Waals surface area (Å²) in [5.41, 5.74) is 1.05. The maximum Gasteiger partial charge on any atom is 0.127 e. The molecule has 0 saturated carbocycles. The van der Waals surface area contributed by atoms with Gasteiger partial charge < -0.3 is 14.8 Å². The normalized spacial score (nSPS) is 8.33. The second kappa shape index (κ2) is 9.43. The molecular weight excluding hydrogens is 285 g/mol. The molecule has 0 aliphatic heterocycles. The molecule has 0 atom stereocenters. The zero-order valence-corrected chi connectivity index (χ0v) is 13.3. The SMILES string of the molecule is CC.CCC(=O)c1n[c-]nc(C)c1S.[Y]. The van der Waals surface area contributed by atoms with Crippen molar-refractivity contribution in [3.05, 3.63) is 17.7 Å². The van der Waals surface area contributed by atoms with E-state index in [9.17, 15) is 4.79 Å². The number of aryl methyl sites for hydroxylation is 1. The van der Waals surface area contributed by atoms with Crippen LogP contribution in [0.4, 0.5) is 0 Å². The fourth-order valence-corrected chi connectivity index (χ4v) is 1.01. The third-order valence-electron chi connectivity index (χ3n) is 1.53. The summed E-state index contributed by atoms with van der Waals surface area (Å²) >= 11 is 4.14. The summed E-state index contributed by atoms with van der Waals surface area (Å²) in [5, 5.41) is 0. The quantitative estimate of drug-likeness (QED) is 0.518. The minimum absolute atomic E-state index is 0. The number of aromatic nitrogens is 2. The Bertz CT molecular complexity index is 318. The Kier molecular flexibility index (Phi) is 11.1. The molecule has 0 saturated heterocycles. The Labute approximate surface area is 122 Å². The fourth-order valence-electron chi connectivity index (χ4n) is 0.789. The number of carbonyl (C=O) groups is 1. The van der Waals surface area contributed by atoms with Gasteiger partial charge in [-0.3, -0.25) is 0 Å². The molecule has 5 heteroatoms. The van der Waals surface area contributed by atoms with Crippen molar-refractivity contribution < 1.29 is 37.5 Å². The molecule has 0 aliphatic carbocycles. The van der Waals surface area contributed by atoms with Crippen LogP contribution in [0, 0.1) is 13.3 Å². The Morgan fingerprint density at radius 2 is 1.93 bits per heavy atom. The molecule has 0 aliphatic rings. The second-order valence-electron chi connectivity index (χ2n) is 2.38. The van der Waals surface area contributed by atoms with E-state index < -0.39 is 0 Å². The Hall–Kier alpha value is 0.204. The van der Waals surface area contributed by atoms with Crippen LogP contribution in [-0.4, -0.2) is 15.8 Å². The largest absolute Gasteiger partial charge is 0.370 e. The van der Waals surface area contributed by atoms with E-state index in [0.29, 0.717) is 22.7 Å². The van der Waals surface area contributed by atoms with Gasteiger partial charge in [0.15, 0.2) is 0 Å². The van der Waals surface area contributed by atoms with Crippen molar-refractivity contribution in [3.8, 4) is 0 Å². The van der Waals surface area contributed by atoms with E-state index in [2.05, 4.69) is 28.9 Å². The summed E-state index contributed by atoms with van der Waals surface area (Å²) in [4.78, 5) is 19.3.